The van der Waals surface area contributed by atoms with E-state index >= 15 is 0 Å². The maximum atomic E-state index is 13.8. The summed E-state index contributed by atoms with van der Waals surface area (Å²) < 4.78 is 5.98. The SMILES string of the molecule is Cc1cccc(OCC(=O)N(Cc2ccc(Cl)c(Cl)c2)C(Cc2ccccc2)C(=O)NC2CCCC2)c1C. The second-order valence-corrected chi connectivity index (χ2v) is 10.8. The first-order chi connectivity index (χ1) is 18.3. The molecule has 0 aliphatic heterocycles. The molecule has 0 bridgehead atoms. The van der Waals surface area contributed by atoms with Gasteiger partial charge < -0.3 is 15.0 Å². The number of halogens is 2. The van der Waals surface area contributed by atoms with Crippen LogP contribution in [0.1, 0.15) is 47.9 Å². The molecule has 1 aliphatic rings. The monoisotopic (exact) mass is 552 g/mol. The summed E-state index contributed by atoms with van der Waals surface area (Å²) in [5.41, 5.74) is 3.82. The molecule has 0 aromatic heterocycles. The normalized spacial score (nSPS) is 14.2. The van der Waals surface area contributed by atoms with Gasteiger partial charge in [-0.3, -0.25) is 9.59 Å². The number of carbonyl (C=O) groups excluding carboxylic acids is 2. The highest BCUT2D eigenvalue weighted by molar-refractivity contribution is 6.42. The van der Waals surface area contributed by atoms with Crippen molar-refractivity contribution in [3.8, 4) is 5.75 Å². The van der Waals surface area contributed by atoms with Crippen molar-refractivity contribution in [1.82, 2.24) is 10.2 Å². The first kappa shape index (κ1) is 28.0. The zero-order valence-electron chi connectivity index (χ0n) is 21.9. The van der Waals surface area contributed by atoms with Gasteiger partial charge >= 0.3 is 0 Å². The summed E-state index contributed by atoms with van der Waals surface area (Å²) in [6.45, 7) is 3.98. The Morgan fingerprint density at radius 1 is 0.947 bits per heavy atom. The van der Waals surface area contributed by atoms with Crippen molar-refractivity contribution in [3.63, 3.8) is 0 Å². The molecule has 1 aliphatic carbocycles. The largest absolute Gasteiger partial charge is 0.483 e. The molecule has 0 heterocycles. The van der Waals surface area contributed by atoms with Crippen LogP contribution in [0.15, 0.2) is 66.7 Å². The number of nitrogens with one attached hydrogen (secondary N) is 1. The number of carbonyl (C=O) groups is 2. The van der Waals surface area contributed by atoms with Crippen molar-refractivity contribution < 1.29 is 14.3 Å². The predicted octanol–water partition coefficient (Wildman–Crippen LogP) is 6.69. The van der Waals surface area contributed by atoms with Crippen molar-refractivity contribution in [2.45, 2.75) is 64.6 Å². The Balaban J connectivity index is 1.64. The summed E-state index contributed by atoms with van der Waals surface area (Å²) >= 11 is 12.4. The predicted molar refractivity (Wildman–Crippen MR) is 153 cm³/mol. The van der Waals surface area contributed by atoms with E-state index in [-0.39, 0.29) is 31.0 Å². The van der Waals surface area contributed by atoms with Crippen LogP contribution in [0, 0.1) is 13.8 Å². The van der Waals surface area contributed by atoms with Gasteiger partial charge in [0.25, 0.3) is 5.91 Å². The Hall–Kier alpha value is -3.02. The van der Waals surface area contributed by atoms with E-state index in [1.807, 2.05) is 68.4 Å². The van der Waals surface area contributed by atoms with Crippen LogP contribution in [-0.2, 0) is 22.6 Å². The van der Waals surface area contributed by atoms with Gasteiger partial charge in [0.15, 0.2) is 6.61 Å². The second kappa shape index (κ2) is 13.2. The Kier molecular flexibility index (Phi) is 9.70. The van der Waals surface area contributed by atoms with E-state index in [1.165, 1.54) is 0 Å². The molecular formula is C31H34Cl2N2O3. The molecule has 3 aromatic rings. The van der Waals surface area contributed by atoms with Crippen molar-refractivity contribution in [1.29, 1.82) is 0 Å². The average Bonchev–Trinajstić information content (AvgIpc) is 3.42. The highest BCUT2D eigenvalue weighted by Crippen LogP contribution is 2.26. The van der Waals surface area contributed by atoms with Gasteiger partial charge in [0.1, 0.15) is 11.8 Å². The van der Waals surface area contributed by atoms with Gasteiger partial charge in [-0.05, 0) is 67.1 Å². The highest BCUT2D eigenvalue weighted by atomic mass is 35.5. The van der Waals surface area contributed by atoms with Crippen LogP contribution in [0.25, 0.3) is 0 Å². The van der Waals surface area contributed by atoms with Gasteiger partial charge in [-0.2, -0.15) is 0 Å². The van der Waals surface area contributed by atoms with Gasteiger partial charge in [-0.15, -0.1) is 0 Å². The molecule has 1 fully saturated rings. The average molecular weight is 554 g/mol. The van der Waals surface area contributed by atoms with Crippen LogP contribution in [-0.4, -0.2) is 35.4 Å². The molecule has 0 saturated heterocycles. The minimum Gasteiger partial charge on any atom is -0.483 e. The van der Waals surface area contributed by atoms with Crippen molar-refractivity contribution in [2.24, 2.45) is 0 Å². The van der Waals surface area contributed by atoms with Gasteiger partial charge in [-0.25, -0.2) is 0 Å². The lowest BCUT2D eigenvalue weighted by Gasteiger charge is -2.32. The Bertz CT molecular complexity index is 1260. The number of benzene rings is 3. The van der Waals surface area contributed by atoms with Crippen LogP contribution >= 0.6 is 23.2 Å². The van der Waals surface area contributed by atoms with Gasteiger partial charge in [-0.1, -0.05) is 84.6 Å². The molecule has 2 amide bonds. The molecule has 3 aromatic carbocycles. The fourth-order valence-corrected chi connectivity index (χ4v) is 5.18. The molecule has 1 saturated carbocycles. The van der Waals surface area contributed by atoms with E-state index in [2.05, 4.69) is 5.32 Å². The summed E-state index contributed by atoms with van der Waals surface area (Å²) in [5.74, 6) is 0.225. The van der Waals surface area contributed by atoms with Crippen LogP contribution in [0.5, 0.6) is 5.75 Å². The number of ether oxygens (including phenoxy) is 1. The van der Waals surface area contributed by atoms with Gasteiger partial charge in [0.2, 0.25) is 5.91 Å². The fourth-order valence-electron chi connectivity index (χ4n) is 4.86. The van der Waals surface area contributed by atoms with Gasteiger partial charge in [0, 0.05) is 19.0 Å². The van der Waals surface area contributed by atoms with Crippen molar-refractivity contribution >= 4 is 35.0 Å². The van der Waals surface area contributed by atoms with Crippen molar-refractivity contribution in [2.75, 3.05) is 6.61 Å². The third kappa shape index (κ3) is 7.30. The van der Waals surface area contributed by atoms with E-state index in [0.29, 0.717) is 22.2 Å². The first-order valence-electron chi connectivity index (χ1n) is 13.1. The summed E-state index contributed by atoms with van der Waals surface area (Å²) in [4.78, 5) is 29.2. The zero-order chi connectivity index (χ0) is 27.1. The summed E-state index contributed by atoms with van der Waals surface area (Å²) in [7, 11) is 0. The van der Waals surface area contributed by atoms with Gasteiger partial charge in [0.05, 0.1) is 10.0 Å². The maximum Gasteiger partial charge on any atom is 0.261 e. The minimum absolute atomic E-state index is 0.133. The molecule has 5 nitrogen and oxygen atoms in total. The Morgan fingerprint density at radius 3 is 2.39 bits per heavy atom. The third-order valence-corrected chi connectivity index (χ3v) is 7.95. The molecule has 0 radical (unpaired) electrons. The van der Waals surface area contributed by atoms with E-state index < -0.39 is 6.04 Å². The molecule has 1 unspecified atom stereocenters. The Morgan fingerprint density at radius 2 is 1.68 bits per heavy atom. The van der Waals surface area contributed by atoms with Crippen LogP contribution in [0.2, 0.25) is 10.0 Å². The molecule has 38 heavy (non-hydrogen) atoms. The van der Waals surface area contributed by atoms with Crippen molar-refractivity contribution in [3.05, 3.63) is 99.0 Å². The number of nitrogens with zero attached hydrogens (tertiary/aromatic N) is 1. The van der Waals surface area contributed by atoms with Crippen LogP contribution in [0.3, 0.4) is 0 Å². The lowest BCUT2D eigenvalue weighted by molar-refractivity contribution is -0.143. The standard InChI is InChI=1S/C31H34Cl2N2O3/c1-21-9-8-14-29(22(21)2)38-20-30(36)35(19-24-15-16-26(32)27(33)17-24)28(18-23-10-4-3-5-11-23)31(37)34-25-12-6-7-13-25/h3-5,8-11,14-17,25,28H,6-7,12-13,18-20H2,1-2H3,(H,34,37). The lowest BCUT2D eigenvalue weighted by Crippen LogP contribution is -2.53. The summed E-state index contributed by atoms with van der Waals surface area (Å²) in [5, 5.41) is 4.05. The summed E-state index contributed by atoms with van der Waals surface area (Å²) in [6.07, 6.45) is 4.50. The van der Waals surface area contributed by atoms with Crippen LogP contribution < -0.4 is 10.1 Å². The number of aryl methyl sites for hydroxylation is 1. The number of rotatable bonds is 10. The topological polar surface area (TPSA) is 58.6 Å². The number of amides is 2. The Labute approximate surface area is 235 Å². The molecule has 4 rings (SSSR count). The van der Waals surface area contributed by atoms with E-state index in [1.54, 1.807) is 17.0 Å². The summed E-state index contributed by atoms with van der Waals surface area (Å²) in [6, 6.07) is 20.2. The minimum atomic E-state index is -0.720. The number of hydrogen-bond donors (Lipinski definition) is 1. The third-order valence-electron chi connectivity index (χ3n) is 7.22. The first-order valence-corrected chi connectivity index (χ1v) is 13.8. The zero-order valence-corrected chi connectivity index (χ0v) is 23.4. The van der Waals surface area contributed by atoms with E-state index in [9.17, 15) is 9.59 Å². The molecule has 0 spiro atoms. The van der Waals surface area contributed by atoms with Crippen LogP contribution in [0.4, 0.5) is 0 Å². The smallest absolute Gasteiger partial charge is 0.261 e. The fraction of sp³-hybridized carbons (Fsp3) is 0.355. The second-order valence-electron chi connectivity index (χ2n) is 9.95. The van der Waals surface area contributed by atoms with E-state index in [4.69, 9.17) is 27.9 Å². The van der Waals surface area contributed by atoms with E-state index in [0.717, 1.165) is 47.9 Å². The molecule has 1 atom stereocenters. The molecular weight excluding hydrogens is 519 g/mol. The molecule has 7 heteroatoms. The lowest BCUT2D eigenvalue weighted by atomic mass is 10.0. The molecule has 1 N–H and O–H groups in total. The quantitative estimate of drug-likeness (QED) is 0.305. The highest BCUT2D eigenvalue weighted by Gasteiger charge is 2.32. The number of hydrogen-bond acceptors (Lipinski definition) is 3. The maximum absolute atomic E-state index is 13.8. The molecule has 200 valence electrons.